The lowest BCUT2D eigenvalue weighted by Gasteiger charge is -2.54. The summed E-state index contributed by atoms with van der Waals surface area (Å²) in [6, 6.07) is 10.5. The van der Waals surface area contributed by atoms with E-state index in [0.717, 1.165) is 42.2 Å². The Labute approximate surface area is 172 Å². The van der Waals surface area contributed by atoms with Crippen LogP contribution >= 0.6 is 0 Å². The third kappa shape index (κ3) is 3.84. The van der Waals surface area contributed by atoms with Crippen molar-refractivity contribution in [2.24, 2.45) is 23.7 Å². The third-order valence-corrected chi connectivity index (χ3v) is 8.70. The van der Waals surface area contributed by atoms with Gasteiger partial charge in [-0.3, -0.25) is 4.90 Å². The van der Waals surface area contributed by atoms with E-state index in [1.807, 2.05) is 0 Å². The molecule has 5 aliphatic carbocycles. The van der Waals surface area contributed by atoms with Gasteiger partial charge in [-0.2, -0.15) is 0 Å². The van der Waals surface area contributed by atoms with Crippen LogP contribution in [0.4, 0.5) is 0 Å². The van der Waals surface area contributed by atoms with Crippen molar-refractivity contribution in [1.29, 1.82) is 0 Å². The van der Waals surface area contributed by atoms with Crippen LogP contribution in [-0.2, 0) is 0 Å². The van der Waals surface area contributed by atoms with E-state index in [1.54, 1.807) is 12.0 Å². The van der Waals surface area contributed by atoms with Gasteiger partial charge in [0.25, 0.3) is 0 Å². The summed E-state index contributed by atoms with van der Waals surface area (Å²) < 4.78 is 0. The molecule has 0 N–H and O–H groups in total. The Kier molecular flexibility index (Phi) is 5.64. The standard InChI is InChI=1S/C27H39N/c1-2-28(26-8-4-3-5-9-26)14-6-7-20-10-12-23(13-11-20)27-24-16-21-15-22(18-24)19-25(27)17-21/h6-7,10-13,21-22,24-27H,2-5,8-9,14-19H2,1H3/b7-6-. The van der Waals surface area contributed by atoms with Crippen LogP contribution in [0.3, 0.4) is 0 Å². The number of hydrogen-bond donors (Lipinski definition) is 0. The predicted octanol–water partition coefficient (Wildman–Crippen LogP) is 6.89. The van der Waals surface area contributed by atoms with Gasteiger partial charge in [-0.05, 0) is 92.2 Å². The molecule has 0 aromatic heterocycles. The van der Waals surface area contributed by atoms with Crippen molar-refractivity contribution in [3.05, 3.63) is 41.5 Å². The summed E-state index contributed by atoms with van der Waals surface area (Å²) in [6.45, 7) is 4.61. The van der Waals surface area contributed by atoms with Gasteiger partial charge in [-0.25, -0.2) is 0 Å². The van der Waals surface area contributed by atoms with E-state index in [9.17, 15) is 0 Å². The first-order valence-electron chi connectivity index (χ1n) is 12.3. The fourth-order valence-electron chi connectivity index (χ4n) is 7.61. The molecule has 0 aliphatic heterocycles. The van der Waals surface area contributed by atoms with Gasteiger partial charge in [0.05, 0.1) is 0 Å². The molecular weight excluding hydrogens is 338 g/mol. The van der Waals surface area contributed by atoms with Gasteiger partial charge in [0, 0.05) is 12.6 Å². The Bertz CT molecular complexity index is 638. The van der Waals surface area contributed by atoms with Crippen LogP contribution in [-0.4, -0.2) is 24.0 Å². The number of nitrogens with zero attached hydrogens (tertiary/aromatic N) is 1. The van der Waals surface area contributed by atoms with Gasteiger partial charge in [-0.15, -0.1) is 0 Å². The third-order valence-electron chi connectivity index (χ3n) is 8.70. The molecule has 5 saturated carbocycles. The highest BCUT2D eigenvalue weighted by atomic mass is 15.1. The van der Waals surface area contributed by atoms with E-state index in [-0.39, 0.29) is 0 Å². The van der Waals surface area contributed by atoms with Crippen LogP contribution < -0.4 is 0 Å². The lowest BCUT2D eigenvalue weighted by molar-refractivity contribution is -0.00277. The average Bonchev–Trinajstić information content (AvgIpc) is 2.72. The molecule has 0 spiro atoms. The van der Waals surface area contributed by atoms with E-state index >= 15 is 0 Å². The highest BCUT2D eigenvalue weighted by molar-refractivity contribution is 5.50. The Morgan fingerprint density at radius 2 is 1.50 bits per heavy atom. The normalized spacial score (nSPS) is 35.3. The topological polar surface area (TPSA) is 3.24 Å². The Morgan fingerprint density at radius 3 is 2.11 bits per heavy atom. The van der Waals surface area contributed by atoms with E-state index < -0.39 is 0 Å². The molecule has 1 heteroatoms. The van der Waals surface area contributed by atoms with Crippen molar-refractivity contribution in [1.82, 2.24) is 4.90 Å². The molecule has 1 nitrogen and oxygen atoms in total. The fraction of sp³-hybridized carbons (Fsp3) is 0.704. The highest BCUT2D eigenvalue weighted by Gasteiger charge is 2.48. The molecule has 1 aromatic carbocycles. The summed E-state index contributed by atoms with van der Waals surface area (Å²) in [7, 11) is 0. The van der Waals surface area contributed by atoms with Crippen LogP contribution in [0.2, 0.25) is 0 Å². The second-order valence-corrected chi connectivity index (χ2v) is 10.4. The van der Waals surface area contributed by atoms with E-state index in [2.05, 4.69) is 48.2 Å². The zero-order valence-corrected chi connectivity index (χ0v) is 17.9. The van der Waals surface area contributed by atoms with E-state index in [4.69, 9.17) is 0 Å². The molecule has 152 valence electrons. The Hall–Kier alpha value is -1.08. The van der Waals surface area contributed by atoms with Crippen molar-refractivity contribution in [3.8, 4) is 0 Å². The van der Waals surface area contributed by atoms with E-state index in [0.29, 0.717) is 0 Å². The predicted molar refractivity (Wildman–Crippen MR) is 119 cm³/mol. The molecule has 0 radical (unpaired) electrons. The first kappa shape index (κ1) is 18.9. The summed E-state index contributed by atoms with van der Waals surface area (Å²) >= 11 is 0. The molecule has 0 amide bonds. The minimum Gasteiger partial charge on any atom is -0.297 e. The molecular formula is C27H39N. The maximum Gasteiger partial charge on any atom is 0.0169 e. The second-order valence-electron chi connectivity index (χ2n) is 10.4. The fourth-order valence-corrected chi connectivity index (χ4v) is 7.61. The summed E-state index contributed by atoms with van der Waals surface area (Å²) in [4.78, 5) is 2.68. The Balaban J connectivity index is 1.20. The van der Waals surface area contributed by atoms with Gasteiger partial charge < -0.3 is 0 Å². The van der Waals surface area contributed by atoms with Crippen molar-refractivity contribution in [3.63, 3.8) is 0 Å². The van der Waals surface area contributed by atoms with Crippen molar-refractivity contribution in [2.75, 3.05) is 13.1 Å². The van der Waals surface area contributed by atoms with Crippen LogP contribution in [0.5, 0.6) is 0 Å². The molecule has 0 atom stereocenters. The molecule has 1 aromatic rings. The number of likely N-dealkylation sites (N-methyl/N-ethyl adjacent to an activating group) is 1. The molecule has 6 rings (SSSR count). The van der Waals surface area contributed by atoms with Crippen molar-refractivity contribution >= 4 is 6.08 Å². The largest absolute Gasteiger partial charge is 0.297 e. The molecule has 0 heterocycles. The first-order chi connectivity index (χ1) is 13.8. The molecule has 0 unspecified atom stereocenters. The maximum atomic E-state index is 2.68. The van der Waals surface area contributed by atoms with Gasteiger partial charge >= 0.3 is 0 Å². The quantitative estimate of drug-likeness (QED) is 0.521. The van der Waals surface area contributed by atoms with Crippen LogP contribution in [0, 0.1) is 23.7 Å². The summed E-state index contributed by atoms with van der Waals surface area (Å²) in [5.41, 5.74) is 3.02. The smallest absolute Gasteiger partial charge is 0.0169 e. The lowest BCUT2D eigenvalue weighted by atomic mass is 9.51. The molecule has 5 aliphatic rings. The number of benzene rings is 1. The number of hydrogen-bond acceptors (Lipinski definition) is 1. The molecule has 5 fully saturated rings. The van der Waals surface area contributed by atoms with Gasteiger partial charge in [0.1, 0.15) is 0 Å². The molecule has 0 saturated heterocycles. The number of rotatable bonds is 6. The van der Waals surface area contributed by atoms with Crippen LogP contribution in [0.1, 0.15) is 88.2 Å². The average molecular weight is 378 g/mol. The zero-order valence-electron chi connectivity index (χ0n) is 17.9. The second kappa shape index (κ2) is 8.34. The maximum absolute atomic E-state index is 2.68. The highest BCUT2D eigenvalue weighted by Crippen LogP contribution is 2.59. The summed E-state index contributed by atoms with van der Waals surface area (Å²) in [5, 5.41) is 0. The lowest BCUT2D eigenvalue weighted by Crippen LogP contribution is -2.43. The first-order valence-corrected chi connectivity index (χ1v) is 12.3. The zero-order chi connectivity index (χ0) is 18.9. The minimum atomic E-state index is 0.822. The van der Waals surface area contributed by atoms with Crippen LogP contribution in [0.15, 0.2) is 30.3 Å². The SMILES string of the molecule is CCN(C/C=C\c1ccc(C2C3CC4CC(C3)CC2C4)cc1)C1CCCCC1. The molecule has 28 heavy (non-hydrogen) atoms. The summed E-state index contributed by atoms with van der Waals surface area (Å²) in [5.74, 6) is 5.00. The van der Waals surface area contributed by atoms with Crippen molar-refractivity contribution < 1.29 is 0 Å². The van der Waals surface area contributed by atoms with Crippen molar-refractivity contribution in [2.45, 2.75) is 83.1 Å². The minimum absolute atomic E-state index is 0.822. The van der Waals surface area contributed by atoms with Gasteiger partial charge in [-0.1, -0.05) is 62.6 Å². The summed E-state index contributed by atoms with van der Waals surface area (Å²) in [6.07, 6.45) is 19.5. The Morgan fingerprint density at radius 1 is 0.857 bits per heavy atom. The van der Waals surface area contributed by atoms with Crippen LogP contribution in [0.25, 0.3) is 6.08 Å². The van der Waals surface area contributed by atoms with Gasteiger partial charge in [0.2, 0.25) is 0 Å². The van der Waals surface area contributed by atoms with Gasteiger partial charge in [0.15, 0.2) is 0 Å². The monoisotopic (exact) mass is 377 g/mol. The van der Waals surface area contributed by atoms with E-state index in [1.165, 1.54) is 69.9 Å². The molecule has 4 bridgehead atoms.